The lowest BCUT2D eigenvalue weighted by Gasteiger charge is -2.38. The Balaban J connectivity index is 1.76. The summed E-state index contributed by atoms with van der Waals surface area (Å²) in [6.07, 6.45) is 5.88. The minimum atomic E-state index is -0.642. The molecule has 0 radical (unpaired) electrons. The minimum Gasteiger partial charge on any atom is -0.462 e. The SMILES string of the molecule is CC[C@H](C)C(=O)O[C@H]1CC(=O)CC2=C1[C@@H](CC[C@@H]1C[C@@H](O)CC(=O)O1)[C@@H](C)C=C2. The molecule has 3 rings (SSSR count). The number of ether oxygens (including phenoxy) is 2. The Morgan fingerprint density at radius 3 is 2.76 bits per heavy atom. The molecule has 3 aliphatic rings. The van der Waals surface area contributed by atoms with Gasteiger partial charge in [-0.2, -0.15) is 0 Å². The van der Waals surface area contributed by atoms with Crippen molar-refractivity contribution in [2.45, 2.75) is 84.0 Å². The first-order valence-electron chi connectivity index (χ1n) is 10.8. The van der Waals surface area contributed by atoms with Crippen LogP contribution in [0.2, 0.25) is 0 Å². The molecule has 0 saturated carbocycles. The van der Waals surface area contributed by atoms with Gasteiger partial charge in [0.15, 0.2) is 0 Å². The molecule has 0 bridgehead atoms. The lowest BCUT2D eigenvalue weighted by Crippen LogP contribution is -2.37. The fourth-order valence-electron chi connectivity index (χ4n) is 4.58. The van der Waals surface area contributed by atoms with Crippen LogP contribution in [0.25, 0.3) is 0 Å². The van der Waals surface area contributed by atoms with Crippen LogP contribution in [0, 0.1) is 17.8 Å². The van der Waals surface area contributed by atoms with Crippen LogP contribution < -0.4 is 0 Å². The van der Waals surface area contributed by atoms with Crippen molar-refractivity contribution in [3.05, 3.63) is 23.3 Å². The molecule has 1 N–H and O–H groups in total. The van der Waals surface area contributed by atoms with E-state index in [4.69, 9.17) is 9.47 Å². The normalized spacial score (nSPS) is 33.2. The predicted molar refractivity (Wildman–Crippen MR) is 107 cm³/mol. The highest BCUT2D eigenvalue weighted by Gasteiger charge is 2.39. The number of aliphatic hydroxyl groups excluding tert-OH is 1. The van der Waals surface area contributed by atoms with Crippen LogP contribution in [-0.2, 0) is 23.9 Å². The monoisotopic (exact) mass is 404 g/mol. The molecule has 0 amide bonds. The van der Waals surface area contributed by atoms with Crippen molar-refractivity contribution < 1.29 is 29.0 Å². The second-order valence-corrected chi connectivity index (χ2v) is 8.74. The molecule has 160 valence electrons. The van der Waals surface area contributed by atoms with Crippen LogP contribution in [0.3, 0.4) is 0 Å². The zero-order valence-corrected chi connectivity index (χ0v) is 17.6. The Hall–Kier alpha value is -1.95. The van der Waals surface area contributed by atoms with Crippen LogP contribution in [0.4, 0.5) is 0 Å². The average Bonchev–Trinajstić information content (AvgIpc) is 2.65. The van der Waals surface area contributed by atoms with Crippen molar-refractivity contribution in [2.24, 2.45) is 17.8 Å². The Kier molecular flexibility index (Phi) is 6.93. The molecule has 1 heterocycles. The van der Waals surface area contributed by atoms with Gasteiger partial charge in [-0.3, -0.25) is 14.4 Å². The zero-order valence-electron chi connectivity index (χ0n) is 17.6. The van der Waals surface area contributed by atoms with E-state index in [2.05, 4.69) is 13.0 Å². The van der Waals surface area contributed by atoms with Gasteiger partial charge < -0.3 is 14.6 Å². The molecule has 0 spiro atoms. The van der Waals surface area contributed by atoms with Gasteiger partial charge in [-0.15, -0.1) is 0 Å². The Bertz CT molecular complexity index is 721. The molecule has 6 heteroatoms. The second kappa shape index (κ2) is 9.24. The van der Waals surface area contributed by atoms with Gasteiger partial charge in [0.25, 0.3) is 0 Å². The predicted octanol–water partition coefficient (Wildman–Crippen LogP) is 3.27. The zero-order chi connectivity index (χ0) is 21.1. The number of cyclic esters (lactones) is 1. The van der Waals surface area contributed by atoms with Crippen LogP contribution in [-0.4, -0.2) is 41.1 Å². The van der Waals surface area contributed by atoms with E-state index in [-0.39, 0.29) is 54.4 Å². The summed E-state index contributed by atoms with van der Waals surface area (Å²) < 4.78 is 11.2. The number of aliphatic hydroxyl groups is 1. The van der Waals surface area contributed by atoms with Gasteiger partial charge in [0.1, 0.15) is 18.0 Å². The number of hydrogen-bond donors (Lipinski definition) is 1. The summed E-state index contributed by atoms with van der Waals surface area (Å²) in [5, 5.41) is 9.86. The highest BCUT2D eigenvalue weighted by Crippen LogP contribution is 2.42. The second-order valence-electron chi connectivity index (χ2n) is 8.74. The summed E-state index contributed by atoms with van der Waals surface area (Å²) >= 11 is 0. The smallest absolute Gasteiger partial charge is 0.309 e. The van der Waals surface area contributed by atoms with Crippen LogP contribution in [0.15, 0.2) is 23.3 Å². The highest BCUT2D eigenvalue weighted by atomic mass is 16.5. The summed E-state index contributed by atoms with van der Waals surface area (Å²) in [4.78, 5) is 36.3. The molecule has 0 aromatic carbocycles. The molecule has 2 aliphatic carbocycles. The molecular weight excluding hydrogens is 372 g/mol. The van der Waals surface area contributed by atoms with E-state index >= 15 is 0 Å². The molecule has 1 saturated heterocycles. The van der Waals surface area contributed by atoms with Gasteiger partial charge in [0.05, 0.1) is 18.4 Å². The van der Waals surface area contributed by atoms with Gasteiger partial charge in [-0.25, -0.2) is 0 Å². The van der Waals surface area contributed by atoms with Gasteiger partial charge in [0.2, 0.25) is 0 Å². The first kappa shape index (κ1) is 21.8. The van der Waals surface area contributed by atoms with Crippen molar-refractivity contribution in [3.63, 3.8) is 0 Å². The number of carbonyl (C=O) groups is 3. The summed E-state index contributed by atoms with van der Waals surface area (Å²) in [6, 6.07) is 0. The van der Waals surface area contributed by atoms with Crippen molar-refractivity contribution in [2.75, 3.05) is 0 Å². The number of hydrogen-bond acceptors (Lipinski definition) is 6. The first-order valence-corrected chi connectivity index (χ1v) is 10.8. The molecule has 29 heavy (non-hydrogen) atoms. The Morgan fingerprint density at radius 2 is 2.07 bits per heavy atom. The van der Waals surface area contributed by atoms with Crippen molar-refractivity contribution >= 4 is 17.7 Å². The number of allylic oxidation sites excluding steroid dienone is 3. The van der Waals surface area contributed by atoms with E-state index in [1.807, 2.05) is 19.9 Å². The quantitative estimate of drug-likeness (QED) is 0.684. The number of carbonyl (C=O) groups excluding carboxylic acids is 3. The van der Waals surface area contributed by atoms with Crippen LogP contribution in [0.1, 0.15) is 65.7 Å². The van der Waals surface area contributed by atoms with Crippen LogP contribution in [0.5, 0.6) is 0 Å². The number of ketones is 1. The van der Waals surface area contributed by atoms with E-state index in [0.29, 0.717) is 25.7 Å². The van der Waals surface area contributed by atoms with Gasteiger partial charge in [-0.1, -0.05) is 32.9 Å². The Morgan fingerprint density at radius 1 is 1.31 bits per heavy atom. The Labute approximate surface area is 172 Å². The molecular formula is C23H32O6. The lowest BCUT2D eigenvalue weighted by atomic mass is 9.71. The molecule has 0 aromatic heterocycles. The summed E-state index contributed by atoms with van der Waals surface area (Å²) in [6.45, 7) is 5.90. The molecule has 6 nitrogen and oxygen atoms in total. The maximum Gasteiger partial charge on any atom is 0.309 e. The highest BCUT2D eigenvalue weighted by molar-refractivity contribution is 5.85. The summed E-state index contributed by atoms with van der Waals surface area (Å²) in [5.74, 6) is -0.369. The molecule has 0 aromatic rings. The van der Waals surface area contributed by atoms with E-state index in [1.165, 1.54) is 0 Å². The third-order valence-corrected chi connectivity index (χ3v) is 6.46. The molecule has 1 fully saturated rings. The van der Waals surface area contributed by atoms with E-state index in [1.54, 1.807) is 0 Å². The van der Waals surface area contributed by atoms with Crippen molar-refractivity contribution in [1.29, 1.82) is 0 Å². The maximum atomic E-state index is 12.4. The largest absolute Gasteiger partial charge is 0.462 e. The molecule has 0 unspecified atom stereocenters. The average molecular weight is 405 g/mol. The first-order chi connectivity index (χ1) is 13.8. The summed E-state index contributed by atoms with van der Waals surface area (Å²) in [7, 11) is 0. The number of esters is 2. The van der Waals surface area contributed by atoms with E-state index in [0.717, 1.165) is 17.6 Å². The summed E-state index contributed by atoms with van der Waals surface area (Å²) in [5.41, 5.74) is 2.02. The van der Waals surface area contributed by atoms with Crippen molar-refractivity contribution in [3.8, 4) is 0 Å². The van der Waals surface area contributed by atoms with Gasteiger partial charge >= 0.3 is 11.9 Å². The lowest BCUT2D eigenvalue weighted by molar-refractivity contribution is -0.161. The topological polar surface area (TPSA) is 89.9 Å². The number of Topliss-reactive ketones (excluding diaryl/α,β-unsaturated/α-hetero) is 1. The molecule has 1 aliphatic heterocycles. The minimum absolute atomic E-state index is 0.0596. The van der Waals surface area contributed by atoms with Gasteiger partial charge in [-0.05, 0) is 42.2 Å². The number of rotatable bonds is 6. The molecule has 6 atom stereocenters. The maximum absolute atomic E-state index is 12.4. The fraction of sp³-hybridized carbons (Fsp3) is 0.696. The van der Waals surface area contributed by atoms with Crippen molar-refractivity contribution in [1.82, 2.24) is 0 Å². The van der Waals surface area contributed by atoms with Gasteiger partial charge in [0, 0.05) is 19.3 Å². The standard InChI is InChI=1S/C23H32O6/c1-4-13(2)23(27)29-20-11-16(24)9-15-6-5-14(3)19(22(15)20)8-7-18-10-17(25)12-21(26)28-18/h5-6,13-14,17-20,25H,4,7-12H2,1-3H3/t13-,14-,17+,18+,19-,20-/m0/s1. The fourth-order valence-corrected chi connectivity index (χ4v) is 4.58. The van der Waals surface area contributed by atoms with E-state index in [9.17, 15) is 19.5 Å². The van der Waals surface area contributed by atoms with E-state index < -0.39 is 12.2 Å². The third kappa shape index (κ3) is 5.16. The van der Waals surface area contributed by atoms with Crippen LogP contribution >= 0.6 is 0 Å². The third-order valence-electron chi connectivity index (χ3n) is 6.46.